The van der Waals surface area contributed by atoms with Crippen LogP contribution >= 0.6 is 11.3 Å². The summed E-state index contributed by atoms with van der Waals surface area (Å²) < 4.78 is 5.48. The molecule has 0 bridgehead atoms. The SMILES string of the molecule is CN(OCC(=O)O)C(=O)c1csc(CNC(=O)OCC2c3ccccc3-c3ccccc32)n1. The molecule has 1 aliphatic rings. The lowest BCUT2D eigenvalue weighted by Gasteiger charge is -2.14. The number of hydroxylamine groups is 2. The fraction of sp³-hybridized carbons (Fsp3) is 0.217. The van der Waals surface area contributed by atoms with Crippen molar-refractivity contribution in [2.45, 2.75) is 12.5 Å². The van der Waals surface area contributed by atoms with Crippen LogP contribution < -0.4 is 5.32 Å². The minimum Gasteiger partial charge on any atom is -0.479 e. The Labute approximate surface area is 193 Å². The zero-order chi connectivity index (χ0) is 23.4. The molecule has 2 N–H and O–H groups in total. The van der Waals surface area contributed by atoms with Gasteiger partial charge in [0.25, 0.3) is 5.91 Å². The summed E-state index contributed by atoms with van der Waals surface area (Å²) in [6, 6.07) is 16.2. The van der Waals surface area contributed by atoms with Gasteiger partial charge in [-0.05, 0) is 22.3 Å². The van der Waals surface area contributed by atoms with Crippen LogP contribution in [0.1, 0.15) is 32.5 Å². The summed E-state index contributed by atoms with van der Waals surface area (Å²) in [6.45, 7) is -0.343. The monoisotopic (exact) mass is 467 g/mol. The molecule has 2 amide bonds. The number of nitrogens with one attached hydrogen (secondary N) is 1. The topological polar surface area (TPSA) is 118 Å². The summed E-state index contributed by atoms with van der Waals surface area (Å²) in [5, 5.41) is 14.1. The summed E-state index contributed by atoms with van der Waals surface area (Å²) in [6.07, 6.45) is -0.582. The first-order valence-corrected chi connectivity index (χ1v) is 11.0. The number of ether oxygens (including phenoxy) is 1. The van der Waals surface area contributed by atoms with Crippen molar-refractivity contribution in [1.29, 1.82) is 0 Å². The Morgan fingerprint density at radius 2 is 1.73 bits per heavy atom. The number of carboxylic acids is 1. The molecule has 0 saturated carbocycles. The highest BCUT2D eigenvalue weighted by Gasteiger charge is 2.29. The third kappa shape index (κ3) is 5.02. The van der Waals surface area contributed by atoms with Crippen LogP contribution in [-0.2, 0) is 20.9 Å². The second-order valence-electron chi connectivity index (χ2n) is 7.28. The van der Waals surface area contributed by atoms with Crippen molar-refractivity contribution in [2.24, 2.45) is 0 Å². The van der Waals surface area contributed by atoms with Crippen molar-refractivity contribution in [3.8, 4) is 11.1 Å². The molecule has 0 spiro atoms. The van der Waals surface area contributed by atoms with Crippen LogP contribution in [0.4, 0.5) is 4.79 Å². The van der Waals surface area contributed by atoms with Crippen LogP contribution in [0.15, 0.2) is 53.9 Å². The quantitative estimate of drug-likeness (QED) is 0.488. The van der Waals surface area contributed by atoms with Gasteiger partial charge in [-0.15, -0.1) is 11.3 Å². The van der Waals surface area contributed by atoms with E-state index in [1.54, 1.807) is 0 Å². The number of aromatic nitrogens is 1. The second-order valence-corrected chi connectivity index (χ2v) is 8.22. The van der Waals surface area contributed by atoms with Gasteiger partial charge in [0.2, 0.25) is 0 Å². The average Bonchev–Trinajstić information content (AvgIpc) is 3.42. The second kappa shape index (κ2) is 9.80. The van der Waals surface area contributed by atoms with E-state index in [1.807, 2.05) is 36.4 Å². The number of carbonyl (C=O) groups is 3. The number of hydrogen-bond donors (Lipinski definition) is 2. The number of hydrogen-bond acceptors (Lipinski definition) is 7. The number of rotatable bonds is 8. The number of thiazole rings is 1. The third-order valence-corrected chi connectivity index (χ3v) is 6.01. The zero-order valence-electron chi connectivity index (χ0n) is 17.7. The lowest BCUT2D eigenvalue weighted by molar-refractivity contribution is -0.159. The minimum absolute atomic E-state index is 0.0337. The van der Waals surface area contributed by atoms with Crippen molar-refractivity contribution in [3.63, 3.8) is 0 Å². The smallest absolute Gasteiger partial charge is 0.407 e. The first-order chi connectivity index (χ1) is 15.9. The molecule has 1 aliphatic carbocycles. The van der Waals surface area contributed by atoms with E-state index in [-0.39, 0.29) is 24.8 Å². The van der Waals surface area contributed by atoms with Crippen LogP contribution in [0.5, 0.6) is 0 Å². The van der Waals surface area contributed by atoms with Gasteiger partial charge in [0.05, 0.1) is 6.54 Å². The Morgan fingerprint density at radius 3 is 2.36 bits per heavy atom. The number of amides is 2. The summed E-state index contributed by atoms with van der Waals surface area (Å²) in [4.78, 5) is 44.0. The molecule has 3 aromatic rings. The summed E-state index contributed by atoms with van der Waals surface area (Å²) in [5.41, 5.74) is 4.66. The van der Waals surface area contributed by atoms with E-state index in [2.05, 4.69) is 22.4 Å². The highest BCUT2D eigenvalue weighted by atomic mass is 32.1. The third-order valence-electron chi connectivity index (χ3n) is 5.17. The maximum absolute atomic E-state index is 12.3. The van der Waals surface area contributed by atoms with E-state index in [1.165, 1.54) is 23.8 Å². The number of alkyl carbamates (subject to hydrolysis) is 1. The predicted octanol–water partition coefficient (Wildman–Crippen LogP) is 3.27. The van der Waals surface area contributed by atoms with Crippen LogP contribution in [0.3, 0.4) is 0 Å². The molecule has 1 aromatic heterocycles. The van der Waals surface area contributed by atoms with Crippen LogP contribution in [0, 0.1) is 0 Å². The van der Waals surface area contributed by atoms with Gasteiger partial charge < -0.3 is 15.2 Å². The number of fused-ring (bicyclic) bond motifs is 3. The molecule has 1 heterocycles. The van der Waals surface area contributed by atoms with E-state index in [4.69, 9.17) is 14.7 Å². The average molecular weight is 468 g/mol. The predicted molar refractivity (Wildman–Crippen MR) is 120 cm³/mol. The summed E-state index contributed by atoms with van der Waals surface area (Å²) in [7, 11) is 1.30. The van der Waals surface area contributed by atoms with Gasteiger partial charge in [0.15, 0.2) is 6.61 Å². The minimum atomic E-state index is -1.19. The molecular formula is C23H21N3O6S. The first-order valence-electron chi connectivity index (χ1n) is 10.1. The molecular weight excluding hydrogens is 446 g/mol. The Bertz CT molecular complexity index is 1150. The Morgan fingerprint density at radius 1 is 1.09 bits per heavy atom. The highest BCUT2D eigenvalue weighted by Crippen LogP contribution is 2.44. The fourth-order valence-corrected chi connectivity index (χ4v) is 4.37. The van der Waals surface area contributed by atoms with Crippen molar-refractivity contribution in [3.05, 3.63) is 75.7 Å². The molecule has 0 saturated heterocycles. The van der Waals surface area contributed by atoms with Gasteiger partial charge in [-0.25, -0.2) is 19.6 Å². The lowest BCUT2D eigenvalue weighted by atomic mass is 9.98. The van der Waals surface area contributed by atoms with Gasteiger partial charge in [-0.2, -0.15) is 0 Å². The van der Waals surface area contributed by atoms with E-state index >= 15 is 0 Å². The van der Waals surface area contributed by atoms with Crippen LogP contribution in [0.25, 0.3) is 11.1 Å². The van der Waals surface area contributed by atoms with Gasteiger partial charge >= 0.3 is 12.1 Å². The van der Waals surface area contributed by atoms with Crippen molar-refractivity contribution < 1.29 is 29.1 Å². The zero-order valence-corrected chi connectivity index (χ0v) is 18.5. The molecule has 4 rings (SSSR count). The standard InChI is InChI=1S/C23H21N3O6S/c1-26(32-12-21(27)28)22(29)19-13-33-20(25-19)10-24-23(30)31-11-18-16-8-4-2-6-14(16)15-7-3-5-9-17(15)18/h2-9,13,18H,10-12H2,1H3,(H,24,30)(H,27,28). The molecule has 0 atom stereocenters. The fourth-order valence-electron chi connectivity index (χ4n) is 3.66. The van der Waals surface area contributed by atoms with Crippen molar-refractivity contribution in [2.75, 3.05) is 20.3 Å². The summed E-state index contributed by atoms with van der Waals surface area (Å²) >= 11 is 1.19. The summed E-state index contributed by atoms with van der Waals surface area (Å²) in [5.74, 6) is -1.81. The lowest BCUT2D eigenvalue weighted by Crippen LogP contribution is -2.29. The van der Waals surface area contributed by atoms with Gasteiger partial charge in [0.1, 0.15) is 17.3 Å². The molecule has 0 fully saturated rings. The van der Waals surface area contributed by atoms with E-state index in [9.17, 15) is 14.4 Å². The number of nitrogens with zero attached hydrogens (tertiary/aromatic N) is 2. The number of benzene rings is 2. The molecule has 9 nitrogen and oxygen atoms in total. The van der Waals surface area contributed by atoms with Gasteiger partial charge in [0, 0.05) is 18.3 Å². The van der Waals surface area contributed by atoms with Gasteiger partial charge in [-0.3, -0.25) is 9.63 Å². The van der Waals surface area contributed by atoms with E-state index in [0.717, 1.165) is 27.3 Å². The van der Waals surface area contributed by atoms with Crippen LogP contribution in [-0.4, -0.2) is 53.4 Å². The Hall–Kier alpha value is -3.76. The van der Waals surface area contributed by atoms with Gasteiger partial charge in [-0.1, -0.05) is 48.5 Å². The highest BCUT2D eigenvalue weighted by molar-refractivity contribution is 7.09. The van der Waals surface area contributed by atoms with E-state index in [0.29, 0.717) is 5.01 Å². The number of carbonyl (C=O) groups excluding carboxylic acids is 2. The normalized spacial score (nSPS) is 12.0. The van der Waals surface area contributed by atoms with Crippen molar-refractivity contribution in [1.82, 2.24) is 15.4 Å². The Kier molecular flexibility index (Phi) is 6.66. The van der Waals surface area contributed by atoms with E-state index < -0.39 is 24.6 Å². The molecule has 0 aliphatic heterocycles. The largest absolute Gasteiger partial charge is 0.479 e. The maximum Gasteiger partial charge on any atom is 0.407 e. The maximum atomic E-state index is 12.3. The molecule has 0 unspecified atom stereocenters. The molecule has 10 heteroatoms. The molecule has 33 heavy (non-hydrogen) atoms. The molecule has 0 radical (unpaired) electrons. The molecule has 2 aromatic carbocycles. The molecule has 170 valence electrons. The number of carboxylic acid groups (broad SMARTS) is 1. The first kappa shape index (κ1) is 22.4. The van der Waals surface area contributed by atoms with Crippen molar-refractivity contribution >= 4 is 29.3 Å². The number of aliphatic carboxylic acids is 1. The van der Waals surface area contributed by atoms with Crippen LogP contribution in [0.2, 0.25) is 0 Å². The Balaban J connectivity index is 1.30.